The monoisotopic (exact) mass is 278 g/mol. The number of rotatable bonds is 4. The number of carbonyl (C=O) groups is 1. The molecular weight excluding hydrogens is 270 g/mol. The molecule has 1 rings (SSSR count). The molecule has 16 heavy (non-hydrogen) atoms. The molecule has 0 saturated heterocycles. The Morgan fingerprint density at radius 2 is 2.19 bits per heavy atom. The molecule has 1 aromatic carbocycles. The Morgan fingerprint density at radius 3 is 2.69 bits per heavy atom. The van der Waals surface area contributed by atoms with Crippen molar-refractivity contribution >= 4 is 40.6 Å². The number of Topliss-reactive ketones (excluding diaryl/α,β-unsaturated/α-hetero) is 1. The summed E-state index contributed by atoms with van der Waals surface area (Å²) in [5.74, 6) is 0.412. The SMILES string of the molecule is CC(=O)c1ccc(OC/C(Cl)=C/Cl)c(Cl)c1. The molecule has 0 radical (unpaired) electrons. The molecule has 5 heteroatoms. The highest BCUT2D eigenvalue weighted by Gasteiger charge is 2.06. The summed E-state index contributed by atoms with van der Waals surface area (Å²) >= 11 is 17.0. The Hall–Kier alpha value is -0.700. The van der Waals surface area contributed by atoms with Crippen LogP contribution >= 0.6 is 34.8 Å². The molecule has 0 unspecified atom stereocenters. The number of halogens is 3. The molecule has 0 aliphatic carbocycles. The second kappa shape index (κ2) is 6.14. The van der Waals surface area contributed by atoms with E-state index in [0.717, 1.165) is 0 Å². The maximum atomic E-state index is 11.1. The van der Waals surface area contributed by atoms with Crippen molar-refractivity contribution in [2.75, 3.05) is 6.61 Å². The van der Waals surface area contributed by atoms with Crippen LogP contribution in [0.5, 0.6) is 5.75 Å². The maximum Gasteiger partial charge on any atom is 0.159 e. The van der Waals surface area contributed by atoms with Gasteiger partial charge in [-0.05, 0) is 25.1 Å². The van der Waals surface area contributed by atoms with Crippen molar-refractivity contribution in [3.8, 4) is 5.75 Å². The predicted octanol–water partition coefficient (Wildman–Crippen LogP) is 4.24. The summed E-state index contributed by atoms with van der Waals surface area (Å²) in [7, 11) is 0. The first-order valence-electron chi connectivity index (χ1n) is 4.42. The molecule has 0 amide bonds. The largest absolute Gasteiger partial charge is 0.486 e. The van der Waals surface area contributed by atoms with Crippen molar-refractivity contribution in [2.45, 2.75) is 6.92 Å². The fourth-order valence-corrected chi connectivity index (χ4v) is 1.37. The predicted molar refractivity (Wildman–Crippen MR) is 66.7 cm³/mol. The fourth-order valence-electron chi connectivity index (χ4n) is 1.02. The van der Waals surface area contributed by atoms with Crippen LogP contribution in [-0.4, -0.2) is 12.4 Å². The van der Waals surface area contributed by atoms with Crippen LogP contribution in [-0.2, 0) is 0 Å². The summed E-state index contributed by atoms with van der Waals surface area (Å²) < 4.78 is 5.30. The molecule has 2 nitrogen and oxygen atoms in total. The molecule has 0 aromatic heterocycles. The van der Waals surface area contributed by atoms with Crippen molar-refractivity contribution in [1.82, 2.24) is 0 Å². The van der Waals surface area contributed by atoms with Gasteiger partial charge in [0, 0.05) is 11.1 Å². The summed E-state index contributed by atoms with van der Waals surface area (Å²) in [4.78, 5) is 11.1. The van der Waals surface area contributed by atoms with Crippen molar-refractivity contribution in [1.29, 1.82) is 0 Å². The molecule has 0 bridgehead atoms. The highest BCUT2D eigenvalue weighted by Crippen LogP contribution is 2.26. The topological polar surface area (TPSA) is 26.3 Å². The Kier molecular flexibility index (Phi) is 5.13. The third-order valence-corrected chi connectivity index (χ3v) is 2.71. The van der Waals surface area contributed by atoms with E-state index in [0.29, 0.717) is 21.4 Å². The third-order valence-electron chi connectivity index (χ3n) is 1.82. The fraction of sp³-hybridized carbons (Fsp3) is 0.182. The molecule has 0 spiro atoms. The van der Waals surface area contributed by atoms with Crippen molar-refractivity contribution in [3.63, 3.8) is 0 Å². The van der Waals surface area contributed by atoms with Gasteiger partial charge in [-0.2, -0.15) is 0 Å². The van der Waals surface area contributed by atoms with Crippen LogP contribution in [0, 0.1) is 0 Å². The quantitative estimate of drug-likeness (QED) is 0.771. The minimum Gasteiger partial charge on any atom is -0.486 e. The average Bonchev–Trinajstić information content (AvgIpc) is 2.26. The number of hydrogen-bond acceptors (Lipinski definition) is 2. The van der Waals surface area contributed by atoms with Crippen LogP contribution < -0.4 is 4.74 Å². The van der Waals surface area contributed by atoms with Gasteiger partial charge in [0.15, 0.2) is 5.78 Å². The van der Waals surface area contributed by atoms with Gasteiger partial charge in [0.2, 0.25) is 0 Å². The van der Waals surface area contributed by atoms with Crippen molar-refractivity contribution < 1.29 is 9.53 Å². The Bertz CT molecular complexity index is 427. The van der Waals surface area contributed by atoms with Crippen LogP contribution in [0.1, 0.15) is 17.3 Å². The lowest BCUT2D eigenvalue weighted by molar-refractivity contribution is 0.101. The molecule has 0 saturated carbocycles. The molecule has 0 N–H and O–H groups in total. The van der Waals surface area contributed by atoms with Gasteiger partial charge in [-0.3, -0.25) is 4.79 Å². The standard InChI is InChI=1S/C11H9Cl3O2/c1-7(15)8-2-3-11(10(14)4-8)16-6-9(13)5-12/h2-5H,6H2,1H3/b9-5-. The Morgan fingerprint density at radius 1 is 1.50 bits per heavy atom. The van der Waals surface area contributed by atoms with Gasteiger partial charge in [-0.15, -0.1) is 0 Å². The lowest BCUT2D eigenvalue weighted by Gasteiger charge is -2.07. The summed E-state index contributed by atoms with van der Waals surface area (Å²) in [6.07, 6.45) is 0. The van der Waals surface area contributed by atoms with E-state index >= 15 is 0 Å². The summed E-state index contributed by atoms with van der Waals surface area (Å²) in [6.45, 7) is 1.61. The van der Waals surface area contributed by atoms with E-state index in [-0.39, 0.29) is 12.4 Å². The molecule has 0 aliphatic rings. The number of hydrogen-bond donors (Lipinski definition) is 0. The normalized spacial score (nSPS) is 11.4. The van der Waals surface area contributed by atoms with Gasteiger partial charge in [-0.1, -0.05) is 34.8 Å². The van der Waals surface area contributed by atoms with E-state index in [4.69, 9.17) is 39.5 Å². The first-order chi connectivity index (χ1) is 7.54. The number of ether oxygens (including phenoxy) is 1. The average molecular weight is 280 g/mol. The van der Waals surface area contributed by atoms with Crippen molar-refractivity contribution in [2.24, 2.45) is 0 Å². The van der Waals surface area contributed by atoms with Gasteiger partial charge >= 0.3 is 0 Å². The smallest absolute Gasteiger partial charge is 0.159 e. The highest BCUT2D eigenvalue weighted by atomic mass is 35.5. The van der Waals surface area contributed by atoms with Crippen LogP contribution in [0.25, 0.3) is 0 Å². The lowest BCUT2D eigenvalue weighted by Crippen LogP contribution is -1.99. The Labute approximate surface area is 109 Å². The molecular formula is C11H9Cl3O2. The van der Waals surface area contributed by atoms with Crippen LogP contribution in [0.15, 0.2) is 28.8 Å². The minimum atomic E-state index is -0.0489. The summed E-state index contributed by atoms with van der Waals surface area (Å²) in [6, 6.07) is 4.82. The van der Waals surface area contributed by atoms with E-state index in [1.54, 1.807) is 18.2 Å². The van der Waals surface area contributed by atoms with Crippen LogP contribution in [0.4, 0.5) is 0 Å². The molecule has 0 atom stereocenters. The van der Waals surface area contributed by atoms with Crippen LogP contribution in [0.2, 0.25) is 5.02 Å². The zero-order chi connectivity index (χ0) is 12.1. The van der Waals surface area contributed by atoms with Gasteiger partial charge in [-0.25, -0.2) is 0 Å². The van der Waals surface area contributed by atoms with Crippen LogP contribution in [0.3, 0.4) is 0 Å². The highest BCUT2D eigenvalue weighted by molar-refractivity contribution is 6.36. The molecule has 0 heterocycles. The first kappa shape index (κ1) is 13.4. The van der Waals surface area contributed by atoms with E-state index in [2.05, 4.69) is 0 Å². The number of ketones is 1. The van der Waals surface area contributed by atoms with E-state index in [1.165, 1.54) is 12.5 Å². The zero-order valence-electron chi connectivity index (χ0n) is 8.47. The second-order valence-corrected chi connectivity index (χ2v) is 4.16. The zero-order valence-corrected chi connectivity index (χ0v) is 10.7. The second-order valence-electron chi connectivity index (χ2n) is 3.05. The number of benzene rings is 1. The van der Waals surface area contributed by atoms with Crippen molar-refractivity contribution in [3.05, 3.63) is 39.4 Å². The molecule has 0 aliphatic heterocycles. The maximum absolute atomic E-state index is 11.1. The molecule has 1 aromatic rings. The van der Waals surface area contributed by atoms with Gasteiger partial charge in [0.25, 0.3) is 0 Å². The van der Waals surface area contributed by atoms with Gasteiger partial charge < -0.3 is 4.74 Å². The third kappa shape index (κ3) is 3.71. The Balaban J connectivity index is 2.79. The van der Waals surface area contributed by atoms with Gasteiger partial charge in [0.1, 0.15) is 12.4 Å². The molecule has 86 valence electrons. The minimum absolute atomic E-state index is 0.0489. The summed E-state index contributed by atoms with van der Waals surface area (Å²) in [5, 5.41) is 0.736. The number of carbonyl (C=O) groups excluding carboxylic acids is 1. The van der Waals surface area contributed by atoms with Gasteiger partial charge in [0.05, 0.1) is 10.1 Å². The van der Waals surface area contributed by atoms with E-state index in [1.807, 2.05) is 0 Å². The van der Waals surface area contributed by atoms with E-state index < -0.39 is 0 Å². The lowest BCUT2D eigenvalue weighted by atomic mass is 10.1. The van der Waals surface area contributed by atoms with E-state index in [9.17, 15) is 4.79 Å². The molecule has 0 fully saturated rings. The summed E-state index contributed by atoms with van der Waals surface area (Å²) in [5.41, 5.74) is 1.76. The first-order valence-corrected chi connectivity index (χ1v) is 5.62.